The van der Waals surface area contributed by atoms with Gasteiger partial charge in [-0.15, -0.1) is 0 Å². The lowest BCUT2D eigenvalue weighted by Crippen LogP contribution is -2.28. The van der Waals surface area contributed by atoms with Crippen LogP contribution in [-0.4, -0.2) is 17.4 Å². The minimum atomic E-state index is -4.72. The normalized spacial score (nSPS) is 16.3. The lowest BCUT2D eigenvalue weighted by molar-refractivity contribution is -0.137. The van der Waals surface area contributed by atoms with Gasteiger partial charge in [-0.3, -0.25) is 14.4 Å². The Morgan fingerprint density at radius 3 is 2.22 bits per heavy atom. The second-order valence-electron chi connectivity index (χ2n) is 5.46. The molecule has 138 valence electrons. The molecule has 0 aliphatic carbocycles. The number of carbonyl (C=O) groups excluding carboxylic acids is 3. The molecule has 3 rings (SSSR count). The molecule has 1 aliphatic heterocycles. The van der Waals surface area contributed by atoms with E-state index in [1.165, 1.54) is 24.3 Å². The molecule has 1 heterocycles. The summed E-state index contributed by atoms with van der Waals surface area (Å²) < 4.78 is 39.1. The van der Waals surface area contributed by atoms with Crippen LogP contribution < -0.4 is 4.90 Å². The van der Waals surface area contributed by atoms with Crippen molar-refractivity contribution in [2.24, 2.45) is 0 Å². The van der Waals surface area contributed by atoms with E-state index in [1.54, 1.807) is 12.1 Å². The lowest BCUT2D eigenvalue weighted by Gasteiger charge is -2.16. The van der Waals surface area contributed by atoms with E-state index in [4.69, 9.17) is 11.6 Å². The van der Waals surface area contributed by atoms with Gasteiger partial charge in [-0.1, -0.05) is 35.9 Å². The minimum absolute atomic E-state index is 0.0577. The number of benzene rings is 2. The van der Waals surface area contributed by atoms with Crippen LogP contribution in [0.2, 0.25) is 5.02 Å². The number of imide groups is 1. The zero-order valence-electron chi connectivity index (χ0n) is 13.3. The maximum Gasteiger partial charge on any atom is 0.417 e. The summed E-state index contributed by atoms with van der Waals surface area (Å²) in [5, 5.41) is -1.24. The SMILES string of the molecule is O=Cc1ccc(/C=C2\SC(=O)N(c3ccc(Cl)c(C(F)(F)F)c3)C2=O)cc1. The Kier molecular flexibility index (Phi) is 5.12. The maximum atomic E-state index is 13.0. The van der Waals surface area contributed by atoms with Gasteiger partial charge in [-0.2, -0.15) is 13.2 Å². The first-order valence-corrected chi connectivity index (χ1v) is 8.60. The molecule has 0 unspecified atom stereocenters. The molecule has 0 spiro atoms. The molecule has 2 aromatic carbocycles. The van der Waals surface area contributed by atoms with Crippen molar-refractivity contribution in [1.29, 1.82) is 0 Å². The highest BCUT2D eigenvalue weighted by Gasteiger charge is 2.39. The molecule has 4 nitrogen and oxygen atoms in total. The van der Waals surface area contributed by atoms with E-state index in [9.17, 15) is 27.6 Å². The number of carbonyl (C=O) groups is 3. The highest BCUT2D eigenvalue weighted by molar-refractivity contribution is 8.19. The molecule has 2 aromatic rings. The zero-order valence-corrected chi connectivity index (χ0v) is 14.9. The summed E-state index contributed by atoms with van der Waals surface area (Å²) >= 11 is 6.18. The highest BCUT2D eigenvalue weighted by atomic mass is 35.5. The van der Waals surface area contributed by atoms with Gasteiger partial charge in [0, 0.05) is 5.56 Å². The molecule has 1 saturated heterocycles. The van der Waals surface area contributed by atoms with E-state index in [0.717, 1.165) is 6.07 Å². The summed E-state index contributed by atoms with van der Waals surface area (Å²) in [5.41, 5.74) is -0.331. The highest BCUT2D eigenvalue weighted by Crippen LogP contribution is 2.40. The molecule has 0 aromatic heterocycles. The van der Waals surface area contributed by atoms with Gasteiger partial charge in [0.15, 0.2) is 0 Å². The third kappa shape index (κ3) is 3.91. The van der Waals surface area contributed by atoms with Gasteiger partial charge in [0.2, 0.25) is 0 Å². The van der Waals surface area contributed by atoms with Crippen LogP contribution in [0.25, 0.3) is 6.08 Å². The first-order valence-electron chi connectivity index (χ1n) is 7.40. The third-order valence-electron chi connectivity index (χ3n) is 3.68. The van der Waals surface area contributed by atoms with Crippen LogP contribution >= 0.6 is 23.4 Å². The number of amides is 2. The van der Waals surface area contributed by atoms with Crippen molar-refractivity contribution >= 4 is 52.6 Å². The van der Waals surface area contributed by atoms with Crippen molar-refractivity contribution in [2.45, 2.75) is 6.18 Å². The van der Waals surface area contributed by atoms with Gasteiger partial charge in [0.05, 0.1) is 21.2 Å². The number of nitrogens with zero attached hydrogens (tertiary/aromatic N) is 1. The van der Waals surface area contributed by atoms with Crippen molar-refractivity contribution in [2.75, 3.05) is 4.90 Å². The van der Waals surface area contributed by atoms with Crippen molar-refractivity contribution in [3.63, 3.8) is 0 Å². The average molecular weight is 412 g/mol. The molecule has 1 fully saturated rings. The smallest absolute Gasteiger partial charge is 0.298 e. The van der Waals surface area contributed by atoms with Crippen molar-refractivity contribution in [3.05, 3.63) is 69.1 Å². The quantitative estimate of drug-likeness (QED) is 0.500. The second kappa shape index (κ2) is 7.21. The molecule has 27 heavy (non-hydrogen) atoms. The summed E-state index contributed by atoms with van der Waals surface area (Å²) in [4.78, 5) is 36.1. The Morgan fingerprint density at radius 2 is 1.63 bits per heavy atom. The van der Waals surface area contributed by atoms with E-state index < -0.39 is 27.9 Å². The standard InChI is InChI=1S/C18H9ClF3NO3S/c19-14-6-5-12(8-13(14)18(20,21)22)23-16(25)15(27-17(23)26)7-10-1-3-11(9-24)4-2-10/h1-9H/b15-7-. The Morgan fingerprint density at radius 1 is 1.00 bits per heavy atom. The van der Waals surface area contributed by atoms with Gasteiger partial charge in [-0.25, -0.2) is 4.90 Å². The largest absolute Gasteiger partial charge is 0.417 e. The first-order chi connectivity index (χ1) is 12.7. The molecule has 0 atom stereocenters. The monoisotopic (exact) mass is 411 g/mol. The second-order valence-corrected chi connectivity index (χ2v) is 6.86. The average Bonchev–Trinajstić information content (AvgIpc) is 2.89. The van der Waals surface area contributed by atoms with Crippen molar-refractivity contribution in [3.8, 4) is 0 Å². The molecule has 0 saturated carbocycles. The van der Waals surface area contributed by atoms with Crippen LogP contribution in [0.1, 0.15) is 21.5 Å². The van der Waals surface area contributed by atoms with Gasteiger partial charge in [0.25, 0.3) is 11.1 Å². The van der Waals surface area contributed by atoms with Gasteiger partial charge < -0.3 is 0 Å². The lowest BCUT2D eigenvalue weighted by atomic mass is 10.1. The fourth-order valence-electron chi connectivity index (χ4n) is 2.38. The van der Waals surface area contributed by atoms with Crippen LogP contribution in [0.5, 0.6) is 0 Å². The predicted molar refractivity (Wildman–Crippen MR) is 96.7 cm³/mol. The summed E-state index contributed by atoms with van der Waals surface area (Å²) in [7, 11) is 0. The zero-order chi connectivity index (χ0) is 19.8. The number of hydrogen-bond acceptors (Lipinski definition) is 4. The van der Waals surface area contributed by atoms with Gasteiger partial charge in [-0.05, 0) is 41.6 Å². The van der Waals surface area contributed by atoms with Gasteiger partial charge >= 0.3 is 6.18 Å². The van der Waals surface area contributed by atoms with E-state index in [2.05, 4.69) is 0 Å². The molecule has 1 aliphatic rings. The Balaban J connectivity index is 1.94. The predicted octanol–water partition coefficient (Wildman–Crippen LogP) is 5.41. The van der Waals surface area contributed by atoms with Gasteiger partial charge in [0.1, 0.15) is 6.29 Å². The Hall–Kier alpha value is -2.58. The molecule has 2 amide bonds. The fraction of sp³-hybridized carbons (Fsp3) is 0.0556. The van der Waals surface area contributed by atoms with E-state index in [0.29, 0.717) is 40.1 Å². The van der Waals surface area contributed by atoms with Crippen molar-refractivity contribution < 1.29 is 27.6 Å². The number of hydrogen-bond donors (Lipinski definition) is 0. The number of rotatable bonds is 3. The van der Waals surface area contributed by atoms with E-state index >= 15 is 0 Å². The van der Waals surface area contributed by atoms with Crippen LogP contribution in [-0.2, 0) is 11.0 Å². The summed E-state index contributed by atoms with van der Waals surface area (Å²) in [6.45, 7) is 0. The molecule has 0 N–H and O–H groups in total. The van der Waals surface area contributed by atoms with E-state index in [1.807, 2.05) is 0 Å². The maximum absolute atomic E-state index is 13.0. The number of thioether (sulfide) groups is 1. The molecule has 0 bridgehead atoms. The minimum Gasteiger partial charge on any atom is -0.298 e. The topological polar surface area (TPSA) is 54.5 Å². The fourth-order valence-corrected chi connectivity index (χ4v) is 3.45. The number of anilines is 1. The number of alkyl halides is 3. The molecule has 0 radical (unpaired) electrons. The summed E-state index contributed by atoms with van der Waals surface area (Å²) in [5.74, 6) is -0.736. The Bertz CT molecular complexity index is 971. The van der Waals surface area contributed by atoms with Crippen LogP contribution in [0.15, 0.2) is 47.4 Å². The molecule has 9 heteroatoms. The summed E-state index contributed by atoms with van der Waals surface area (Å²) in [6.07, 6.45) is -2.62. The Labute approximate surface area is 160 Å². The van der Waals surface area contributed by atoms with E-state index in [-0.39, 0.29) is 10.6 Å². The van der Waals surface area contributed by atoms with Crippen molar-refractivity contribution in [1.82, 2.24) is 0 Å². The third-order valence-corrected chi connectivity index (χ3v) is 4.88. The first kappa shape index (κ1) is 19.2. The summed E-state index contributed by atoms with van der Waals surface area (Å²) in [6, 6.07) is 9.08. The molecular formula is C18H9ClF3NO3S. The van der Waals surface area contributed by atoms with Crippen LogP contribution in [0.4, 0.5) is 23.7 Å². The number of halogens is 4. The molecular weight excluding hydrogens is 403 g/mol. The van der Waals surface area contributed by atoms with Crippen LogP contribution in [0, 0.1) is 0 Å². The number of aldehydes is 1. The van der Waals surface area contributed by atoms with Crippen LogP contribution in [0.3, 0.4) is 0 Å².